The molecule has 3 aromatic carbocycles. The zero-order chi connectivity index (χ0) is 27.0. The summed E-state index contributed by atoms with van der Waals surface area (Å²) in [5.41, 5.74) is 0.162. The Kier molecular flexibility index (Phi) is 7.30. The topological polar surface area (TPSA) is 87.2 Å². The molecule has 0 bridgehead atoms. The molecular formula is C27H27ClFN3O5S. The van der Waals surface area contributed by atoms with E-state index in [2.05, 4.69) is 0 Å². The Balaban J connectivity index is 1.50. The van der Waals surface area contributed by atoms with Gasteiger partial charge in [-0.15, -0.1) is 0 Å². The first-order chi connectivity index (χ1) is 18.2. The molecule has 200 valence electrons. The third-order valence-electron chi connectivity index (χ3n) is 7.05. The van der Waals surface area contributed by atoms with Crippen molar-refractivity contribution < 1.29 is 27.1 Å². The van der Waals surface area contributed by atoms with E-state index in [0.717, 1.165) is 21.8 Å². The van der Waals surface area contributed by atoms with Gasteiger partial charge in [0.15, 0.2) is 0 Å². The quantitative estimate of drug-likeness (QED) is 0.460. The van der Waals surface area contributed by atoms with Crippen molar-refractivity contribution in [1.82, 2.24) is 9.80 Å². The number of benzene rings is 3. The molecule has 2 atom stereocenters. The SMILES string of the molecule is C[C@@H](C(=O)N1CCOCC1)N1CC[C@H](N(c2ccc(F)cc2)S(=O)(=O)c2ccc3cc(Cl)ccc3c2)C1=O. The van der Waals surface area contributed by atoms with Crippen LogP contribution < -0.4 is 4.31 Å². The van der Waals surface area contributed by atoms with Gasteiger partial charge in [-0.2, -0.15) is 0 Å². The summed E-state index contributed by atoms with van der Waals surface area (Å²) in [5.74, 6) is -1.20. The first kappa shape index (κ1) is 26.4. The van der Waals surface area contributed by atoms with Crippen molar-refractivity contribution >= 4 is 49.9 Å². The van der Waals surface area contributed by atoms with Gasteiger partial charge in [0.05, 0.1) is 23.8 Å². The lowest BCUT2D eigenvalue weighted by Gasteiger charge is -2.33. The minimum Gasteiger partial charge on any atom is -0.378 e. The van der Waals surface area contributed by atoms with Crippen LogP contribution in [-0.2, 0) is 24.3 Å². The number of hydrogen-bond acceptors (Lipinski definition) is 5. The van der Waals surface area contributed by atoms with E-state index in [1.807, 2.05) is 0 Å². The number of carbonyl (C=O) groups is 2. The predicted octanol–water partition coefficient (Wildman–Crippen LogP) is 3.68. The number of nitrogens with zero attached hydrogens (tertiary/aromatic N) is 3. The summed E-state index contributed by atoms with van der Waals surface area (Å²) >= 11 is 6.07. The fraction of sp³-hybridized carbons (Fsp3) is 0.333. The van der Waals surface area contributed by atoms with Crippen LogP contribution >= 0.6 is 11.6 Å². The summed E-state index contributed by atoms with van der Waals surface area (Å²) in [6.07, 6.45) is 0.180. The molecule has 2 heterocycles. The number of morpholine rings is 1. The minimum absolute atomic E-state index is 0.0136. The van der Waals surface area contributed by atoms with Crippen LogP contribution in [0.2, 0.25) is 5.02 Å². The monoisotopic (exact) mass is 559 g/mol. The maximum absolute atomic E-state index is 14.1. The lowest BCUT2D eigenvalue weighted by Crippen LogP contribution is -2.53. The van der Waals surface area contributed by atoms with E-state index in [1.165, 1.54) is 29.2 Å². The average molecular weight is 560 g/mol. The molecule has 0 N–H and O–H groups in total. The van der Waals surface area contributed by atoms with Crippen LogP contribution in [-0.4, -0.2) is 75.0 Å². The number of rotatable bonds is 6. The Bertz CT molecular complexity index is 1480. The van der Waals surface area contributed by atoms with Gasteiger partial charge in [-0.05, 0) is 72.6 Å². The molecule has 0 radical (unpaired) electrons. The summed E-state index contributed by atoms with van der Waals surface area (Å²) in [4.78, 5) is 29.8. The van der Waals surface area contributed by atoms with Crippen LogP contribution in [0.4, 0.5) is 10.1 Å². The molecule has 2 amide bonds. The van der Waals surface area contributed by atoms with Gasteiger partial charge in [0, 0.05) is 24.7 Å². The second-order valence-corrected chi connectivity index (χ2v) is 11.6. The average Bonchev–Trinajstić information content (AvgIpc) is 3.29. The highest BCUT2D eigenvalue weighted by Gasteiger charge is 2.45. The molecule has 0 aromatic heterocycles. The second-order valence-electron chi connectivity index (χ2n) is 9.38. The van der Waals surface area contributed by atoms with Gasteiger partial charge < -0.3 is 14.5 Å². The van der Waals surface area contributed by atoms with Gasteiger partial charge in [0.1, 0.15) is 17.9 Å². The highest BCUT2D eigenvalue weighted by molar-refractivity contribution is 7.93. The molecule has 2 fully saturated rings. The van der Waals surface area contributed by atoms with Crippen LogP contribution in [0, 0.1) is 5.82 Å². The van der Waals surface area contributed by atoms with E-state index < -0.39 is 33.8 Å². The number of anilines is 1. The summed E-state index contributed by atoms with van der Waals surface area (Å²) in [7, 11) is -4.26. The molecule has 0 aliphatic carbocycles. The molecule has 0 unspecified atom stereocenters. The van der Waals surface area contributed by atoms with E-state index in [0.29, 0.717) is 36.7 Å². The van der Waals surface area contributed by atoms with E-state index in [4.69, 9.17) is 16.3 Å². The van der Waals surface area contributed by atoms with E-state index in [-0.39, 0.29) is 29.5 Å². The van der Waals surface area contributed by atoms with Crippen LogP contribution in [0.3, 0.4) is 0 Å². The highest BCUT2D eigenvalue weighted by atomic mass is 35.5. The number of amides is 2. The van der Waals surface area contributed by atoms with Gasteiger partial charge in [0.2, 0.25) is 11.8 Å². The van der Waals surface area contributed by atoms with Crippen LogP contribution in [0.1, 0.15) is 13.3 Å². The van der Waals surface area contributed by atoms with Crippen molar-refractivity contribution in [1.29, 1.82) is 0 Å². The Morgan fingerprint density at radius 1 is 1.03 bits per heavy atom. The smallest absolute Gasteiger partial charge is 0.265 e. The molecular weight excluding hydrogens is 533 g/mol. The fourth-order valence-corrected chi connectivity index (χ4v) is 6.87. The molecule has 2 aliphatic rings. The molecule has 38 heavy (non-hydrogen) atoms. The number of hydrogen-bond donors (Lipinski definition) is 0. The van der Waals surface area contributed by atoms with E-state index in [9.17, 15) is 22.4 Å². The lowest BCUT2D eigenvalue weighted by atomic mass is 10.1. The molecule has 0 saturated carbocycles. The first-order valence-electron chi connectivity index (χ1n) is 12.3. The number of ether oxygens (including phenoxy) is 1. The van der Waals surface area contributed by atoms with Crippen molar-refractivity contribution in [2.24, 2.45) is 0 Å². The zero-order valence-corrected chi connectivity index (χ0v) is 22.3. The predicted molar refractivity (Wildman–Crippen MR) is 142 cm³/mol. The van der Waals surface area contributed by atoms with Gasteiger partial charge in [-0.1, -0.05) is 23.7 Å². The van der Waals surface area contributed by atoms with E-state index in [1.54, 1.807) is 36.1 Å². The number of sulfonamides is 1. The van der Waals surface area contributed by atoms with Crippen molar-refractivity contribution in [2.45, 2.75) is 30.3 Å². The number of halogens is 2. The zero-order valence-electron chi connectivity index (χ0n) is 20.7. The van der Waals surface area contributed by atoms with Crippen molar-refractivity contribution in [3.8, 4) is 0 Å². The Labute approximate surface area is 225 Å². The Hall–Kier alpha value is -3.21. The maximum atomic E-state index is 14.1. The summed E-state index contributed by atoms with van der Waals surface area (Å²) in [6, 6.07) is 12.9. The lowest BCUT2D eigenvalue weighted by molar-refractivity contribution is -0.145. The Morgan fingerprint density at radius 2 is 1.68 bits per heavy atom. The Morgan fingerprint density at radius 3 is 2.39 bits per heavy atom. The minimum atomic E-state index is -4.26. The molecule has 0 spiro atoms. The standard InChI is InChI=1S/C27H27ClFN3O5S/c1-18(26(33)30-12-14-37-15-13-30)31-11-10-25(27(31)34)32(23-7-5-22(29)6-8-23)38(35,36)24-9-3-19-16-21(28)4-2-20(19)17-24/h2-9,16-18,25H,10-15H2,1H3/t18-,25-/m0/s1. The van der Waals surface area contributed by atoms with Gasteiger partial charge in [0.25, 0.3) is 10.0 Å². The normalized spacial score (nSPS) is 19.1. The molecule has 3 aromatic rings. The van der Waals surface area contributed by atoms with Crippen LogP contribution in [0.25, 0.3) is 10.8 Å². The molecule has 5 rings (SSSR count). The fourth-order valence-electron chi connectivity index (χ4n) is 5.01. The molecule has 2 aliphatic heterocycles. The van der Waals surface area contributed by atoms with E-state index >= 15 is 0 Å². The third-order valence-corrected chi connectivity index (χ3v) is 9.12. The van der Waals surface area contributed by atoms with Gasteiger partial charge in [-0.25, -0.2) is 12.8 Å². The van der Waals surface area contributed by atoms with Gasteiger partial charge >= 0.3 is 0 Å². The van der Waals surface area contributed by atoms with Gasteiger partial charge in [-0.3, -0.25) is 13.9 Å². The number of carbonyl (C=O) groups excluding carboxylic acids is 2. The molecule has 8 nitrogen and oxygen atoms in total. The number of fused-ring (bicyclic) bond motifs is 1. The largest absolute Gasteiger partial charge is 0.378 e. The van der Waals surface area contributed by atoms with Crippen molar-refractivity contribution in [2.75, 3.05) is 37.2 Å². The third kappa shape index (κ3) is 4.95. The summed E-state index contributed by atoms with van der Waals surface area (Å²) < 4.78 is 48.3. The first-order valence-corrected chi connectivity index (χ1v) is 14.1. The highest BCUT2D eigenvalue weighted by Crippen LogP contribution is 2.33. The summed E-state index contributed by atoms with van der Waals surface area (Å²) in [6.45, 7) is 3.62. The molecule has 11 heteroatoms. The van der Waals surface area contributed by atoms with Crippen LogP contribution in [0.5, 0.6) is 0 Å². The van der Waals surface area contributed by atoms with Crippen molar-refractivity contribution in [3.63, 3.8) is 0 Å². The number of likely N-dealkylation sites (tertiary alicyclic amines) is 1. The molecule has 2 saturated heterocycles. The summed E-state index contributed by atoms with van der Waals surface area (Å²) in [5, 5.41) is 1.96. The maximum Gasteiger partial charge on any atom is 0.265 e. The second kappa shape index (κ2) is 10.5. The van der Waals surface area contributed by atoms with Crippen molar-refractivity contribution in [3.05, 3.63) is 71.5 Å². The van der Waals surface area contributed by atoms with Crippen LogP contribution in [0.15, 0.2) is 65.6 Å².